The van der Waals surface area contributed by atoms with Crippen LogP contribution in [-0.2, 0) is 0 Å². The van der Waals surface area contributed by atoms with Crippen molar-refractivity contribution >= 4 is 28.9 Å². The van der Waals surface area contributed by atoms with Gasteiger partial charge in [-0.3, -0.25) is 0 Å². The lowest BCUT2D eigenvalue weighted by Crippen LogP contribution is -2.02. The second-order valence-electron chi connectivity index (χ2n) is 3.54. The lowest BCUT2D eigenvalue weighted by Gasteiger charge is -2.11. The quantitative estimate of drug-likeness (QED) is 0.629. The standard InChI is InChI=1S/C10H15N5S/c1-3-6(4-2)16-9-7-8(13-5-12-7)14-10(11)15-9/h5-6H,3-4H2,1-2H3,(H3,11,12,13,14,15). The zero-order valence-corrected chi connectivity index (χ0v) is 10.2. The summed E-state index contributed by atoms with van der Waals surface area (Å²) < 4.78 is 0. The van der Waals surface area contributed by atoms with E-state index in [1.165, 1.54) is 0 Å². The summed E-state index contributed by atoms with van der Waals surface area (Å²) in [6, 6.07) is 0. The molecule has 0 aliphatic heterocycles. The number of aromatic amines is 1. The van der Waals surface area contributed by atoms with Gasteiger partial charge in [-0.25, -0.2) is 9.97 Å². The van der Waals surface area contributed by atoms with Crippen LogP contribution in [0.4, 0.5) is 5.95 Å². The first kappa shape index (κ1) is 11.2. The third-order valence-electron chi connectivity index (χ3n) is 2.45. The van der Waals surface area contributed by atoms with Gasteiger partial charge in [-0.15, -0.1) is 11.8 Å². The van der Waals surface area contributed by atoms with Gasteiger partial charge in [0.2, 0.25) is 5.95 Å². The summed E-state index contributed by atoms with van der Waals surface area (Å²) in [6.07, 6.45) is 3.84. The van der Waals surface area contributed by atoms with Crippen molar-refractivity contribution in [2.24, 2.45) is 0 Å². The Balaban J connectivity index is 2.38. The van der Waals surface area contributed by atoms with Gasteiger partial charge in [-0.1, -0.05) is 13.8 Å². The normalized spacial score (nSPS) is 11.4. The van der Waals surface area contributed by atoms with E-state index >= 15 is 0 Å². The number of nitrogen functional groups attached to an aromatic ring is 1. The maximum Gasteiger partial charge on any atom is 0.223 e. The average Bonchev–Trinajstić information content (AvgIpc) is 2.73. The van der Waals surface area contributed by atoms with Gasteiger partial charge < -0.3 is 10.7 Å². The number of H-pyrrole nitrogens is 1. The summed E-state index contributed by atoms with van der Waals surface area (Å²) in [5.41, 5.74) is 7.18. The van der Waals surface area contributed by atoms with E-state index in [4.69, 9.17) is 5.73 Å². The molecule has 3 N–H and O–H groups in total. The molecule has 16 heavy (non-hydrogen) atoms. The third-order valence-corrected chi connectivity index (χ3v) is 3.96. The fourth-order valence-electron chi connectivity index (χ4n) is 1.52. The monoisotopic (exact) mass is 237 g/mol. The van der Waals surface area contributed by atoms with E-state index < -0.39 is 0 Å². The first-order chi connectivity index (χ1) is 7.74. The number of nitrogens with two attached hydrogens (primary N) is 1. The number of hydrogen-bond donors (Lipinski definition) is 2. The highest BCUT2D eigenvalue weighted by Crippen LogP contribution is 2.30. The lowest BCUT2D eigenvalue weighted by atomic mass is 10.3. The second kappa shape index (κ2) is 4.69. The molecule has 2 aromatic heterocycles. The van der Waals surface area contributed by atoms with Gasteiger partial charge in [0.15, 0.2) is 5.65 Å². The lowest BCUT2D eigenvalue weighted by molar-refractivity contribution is 0.790. The molecule has 0 amide bonds. The predicted octanol–water partition coefficient (Wildman–Crippen LogP) is 2.22. The number of rotatable bonds is 4. The van der Waals surface area contributed by atoms with E-state index in [1.807, 2.05) is 0 Å². The Labute approximate surface area is 98.3 Å². The number of anilines is 1. The molecule has 0 saturated heterocycles. The van der Waals surface area contributed by atoms with Crippen molar-refractivity contribution in [3.8, 4) is 0 Å². The second-order valence-corrected chi connectivity index (χ2v) is 4.83. The third kappa shape index (κ3) is 2.11. The van der Waals surface area contributed by atoms with Crippen molar-refractivity contribution in [3.63, 3.8) is 0 Å². The number of nitrogens with zero attached hydrogens (tertiary/aromatic N) is 3. The zero-order valence-electron chi connectivity index (χ0n) is 9.40. The largest absolute Gasteiger partial charge is 0.368 e. The summed E-state index contributed by atoms with van der Waals surface area (Å²) in [5.74, 6) is 0.296. The first-order valence-corrected chi connectivity index (χ1v) is 6.25. The number of aromatic nitrogens is 4. The van der Waals surface area contributed by atoms with Gasteiger partial charge in [-0.05, 0) is 12.8 Å². The van der Waals surface area contributed by atoms with E-state index in [2.05, 4.69) is 33.8 Å². The van der Waals surface area contributed by atoms with Crippen molar-refractivity contribution in [1.82, 2.24) is 19.9 Å². The van der Waals surface area contributed by atoms with Gasteiger partial charge in [0.25, 0.3) is 0 Å². The molecule has 2 heterocycles. The highest BCUT2D eigenvalue weighted by atomic mass is 32.2. The molecule has 0 radical (unpaired) electrons. The van der Waals surface area contributed by atoms with Crippen LogP contribution in [0.3, 0.4) is 0 Å². The fraction of sp³-hybridized carbons (Fsp3) is 0.500. The summed E-state index contributed by atoms with van der Waals surface area (Å²) in [6.45, 7) is 4.35. The zero-order chi connectivity index (χ0) is 11.5. The molecule has 86 valence electrons. The van der Waals surface area contributed by atoms with Crippen molar-refractivity contribution < 1.29 is 0 Å². The molecule has 5 nitrogen and oxygen atoms in total. The van der Waals surface area contributed by atoms with Gasteiger partial charge >= 0.3 is 0 Å². The molecular weight excluding hydrogens is 222 g/mol. The minimum Gasteiger partial charge on any atom is -0.368 e. The predicted molar refractivity (Wildman–Crippen MR) is 66.3 cm³/mol. The summed E-state index contributed by atoms with van der Waals surface area (Å²) in [7, 11) is 0. The highest BCUT2D eigenvalue weighted by molar-refractivity contribution is 8.00. The van der Waals surface area contributed by atoms with Crippen LogP contribution in [0.2, 0.25) is 0 Å². The van der Waals surface area contributed by atoms with Crippen molar-refractivity contribution in [2.75, 3.05) is 5.73 Å². The van der Waals surface area contributed by atoms with Crippen LogP contribution in [0.5, 0.6) is 0 Å². The minimum absolute atomic E-state index is 0.296. The van der Waals surface area contributed by atoms with Gasteiger partial charge in [-0.2, -0.15) is 4.98 Å². The molecule has 0 aliphatic rings. The molecule has 0 aliphatic carbocycles. The van der Waals surface area contributed by atoms with E-state index in [0.29, 0.717) is 16.8 Å². The van der Waals surface area contributed by atoms with E-state index in [9.17, 15) is 0 Å². The summed E-state index contributed by atoms with van der Waals surface area (Å²) in [5, 5.41) is 1.42. The highest BCUT2D eigenvalue weighted by Gasteiger charge is 2.13. The SMILES string of the molecule is CCC(CC)Sc1nc(N)nc2[nH]cnc12. The maximum absolute atomic E-state index is 5.66. The maximum atomic E-state index is 5.66. The number of thioether (sulfide) groups is 1. The Kier molecular flexibility index (Phi) is 3.28. The fourth-order valence-corrected chi connectivity index (χ4v) is 2.58. The minimum atomic E-state index is 0.296. The van der Waals surface area contributed by atoms with Crippen LogP contribution in [-0.4, -0.2) is 25.2 Å². The number of imidazole rings is 1. The molecule has 2 aromatic rings. The van der Waals surface area contributed by atoms with E-state index in [-0.39, 0.29) is 0 Å². The van der Waals surface area contributed by atoms with E-state index in [0.717, 1.165) is 23.4 Å². The van der Waals surface area contributed by atoms with Gasteiger partial charge in [0.05, 0.1) is 6.33 Å². The van der Waals surface area contributed by atoms with Crippen LogP contribution >= 0.6 is 11.8 Å². The molecule has 0 fully saturated rings. The average molecular weight is 237 g/mol. The molecule has 0 atom stereocenters. The van der Waals surface area contributed by atoms with Crippen LogP contribution < -0.4 is 5.73 Å². The van der Waals surface area contributed by atoms with E-state index in [1.54, 1.807) is 18.1 Å². The van der Waals surface area contributed by atoms with Crippen LogP contribution in [0.25, 0.3) is 11.2 Å². The Bertz CT molecular complexity index is 477. The Morgan fingerprint density at radius 1 is 1.38 bits per heavy atom. The molecule has 0 bridgehead atoms. The molecule has 2 rings (SSSR count). The molecular formula is C10H15N5S. The van der Waals surface area contributed by atoms with Gasteiger partial charge in [0.1, 0.15) is 10.5 Å². The van der Waals surface area contributed by atoms with Crippen LogP contribution in [0.15, 0.2) is 11.4 Å². The number of nitrogens with one attached hydrogen (secondary N) is 1. The van der Waals surface area contributed by atoms with Gasteiger partial charge in [0, 0.05) is 5.25 Å². The number of hydrogen-bond acceptors (Lipinski definition) is 5. The topological polar surface area (TPSA) is 80.5 Å². The number of fused-ring (bicyclic) bond motifs is 1. The molecule has 0 unspecified atom stereocenters. The summed E-state index contributed by atoms with van der Waals surface area (Å²) in [4.78, 5) is 15.5. The molecule has 0 saturated carbocycles. The molecule has 6 heteroatoms. The molecule has 0 aromatic carbocycles. The Hall–Kier alpha value is -1.30. The van der Waals surface area contributed by atoms with Crippen molar-refractivity contribution in [2.45, 2.75) is 37.0 Å². The smallest absolute Gasteiger partial charge is 0.223 e. The van der Waals surface area contributed by atoms with Crippen LogP contribution in [0.1, 0.15) is 26.7 Å². The Morgan fingerprint density at radius 3 is 2.81 bits per heavy atom. The van der Waals surface area contributed by atoms with Crippen molar-refractivity contribution in [3.05, 3.63) is 6.33 Å². The Morgan fingerprint density at radius 2 is 2.12 bits per heavy atom. The first-order valence-electron chi connectivity index (χ1n) is 5.37. The van der Waals surface area contributed by atoms with Crippen molar-refractivity contribution in [1.29, 1.82) is 0 Å². The molecule has 0 spiro atoms. The van der Waals surface area contributed by atoms with Crippen LogP contribution in [0, 0.1) is 0 Å². The summed E-state index contributed by atoms with van der Waals surface area (Å²) >= 11 is 1.72.